The highest BCUT2D eigenvalue weighted by Gasteiger charge is 2.16. The minimum atomic E-state index is 0.0915. The number of benzene rings is 1. The monoisotopic (exact) mass is 501 g/mol. The summed E-state index contributed by atoms with van der Waals surface area (Å²) in [6, 6.07) is 8.62. The maximum atomic E-state index is 6.11. The quantitative estimate of drug-likeness (QED) is 0.322. The molecule has 1 aliphatic heterocycles. The van der Waals surface area contributed by atoms with Crippen LogP contribution in [0.25, 0.3) is 5.70 Å². The van der Waals surface area contributed by atoms with Gasteiger partial charge in [-0.2, -0.15) is 5.10 Å². The number of nitrogens with two attached hydrogens (primary N) is 2. The van der Waals surface area contributed by atoms with Gasteiger partial charge in [0.25, 0.3) is 0 Å². The summed E-state index contributed by atoms with van der Waals surface area (Å²) in [6.45, 7) is 20.8. The molecule has 198 valence electrons. The molecule has 1 aliphatic rings. The van der Waals surface area contributed by atoms with Crippen LogP contribution in [0.5, 0.6) is 0 Å². The van der Waals surface area contributed by atoms with E-state index in [1.54, 1.807) is 11.1 Å². The number of hydrogen-bond donors (Lipinski definition) is 4. The average molecular weight is 502 g/mol. The van der Waals surface area contributed by atoms with Gasteiger partial charge in [-0.15, -0.1) is 0 Å². The van der Waals surface area contributed by atoms with Crippen molar-refractivity contribution >= 4 is 17.2 Å². The van der Waals surface area contributed by atoms with Crippen molar-refractivity contribution in [2.75, 3.05) is 13.6 Å². The zero-order chi connectivity index (χ0) is 27.5. The van der Waals surface area contributed by atoms with E-state index in [4.69, 9.17) is 16.5 Å². The molecule has 0 spiro atoms. The van der Waals surface area contributed by atoms with Crippen molar-refractivity contribution in [1.82, 2.24) is 15.6 Å². The van der Waals surface area contributed by atoms with Crippen LogP contribution in [0.15, 0.2) is 101 Å². The number of hydrazone groups is 1. The van der Waals surface area contributed by atoms with E-state index in [1.807, 2.05) is 33.9 Å². The Bertz CT molecular complexity index is 1150. The Morgan fingerprint density at radius 3 is 2.46 bits per heavy atom. The van der Waals surface area contributed by atoms with Gasteiger partial charge in [0.15, 0.2) is 0 Å². The van der Waals surface area contributed by atoms with E-state index in [-0.39, 0.29) is 6.04 Å². The zero-order valence-corrected chi connectivity index (χ0v) is 23.1. The van der Waals surface area contributed by atoms with Gasteiger partial charge in [0.1, 0.15) is 5.84 Å². The normalized spacial score (nSPS) is 18.3. The topological polar surface area (TPSA) is 104 Å². The molecule has 0 aliphatic carbocycles. The molecule has 1 aromatic carbocycles. The first-order valence-electron chi connectivity index (χ1n) is 12.7. The zero-order valence-electron chi connectivity index (χ0n) is 23.1. The van der Waals surface area contributed by atoms with Crippen LogP contribution in [0.4, 0.5) is 0 Å². The Morgan fingerprint density at radius 2 is 1.89 bits per heavy atom. The minimum Gasteiger partial charge on any atom is -0.382 e. The molecule has 2 rings (SSSR count). The van der Waals surface area contributed by atoms with Gasteiger partial charge < -0.3 is 22.1 Å². The number of nitrogens with one attached hydrogen (secondary N) is 2. The predicted molar refractivity (Wildman–Crippen MR) is 159 cm³/mol. The largest absolute Gasteiger partial charge is 0.382 e. The molecule has 0 aromatic heterocycles. The highest BCUT2D eigenvalue weighted by Crippen LogP contribution is 2.24. The number of hydrogen-bond acceptors (Lipinski definition) is 7. The molecule has 0 bridgehead atoms. The number of likely N-dealkylation sites (N-methyl/N-ethyl adjacent to an activating group) is 1. The molecule has 0 fully saturated rings. The summed E-state index contributed by atoms with van der Waals surface area (Å²) in [5.41, 5.74) is 20.0. The van der Waals surface area contributed by atoms with Gasteiger partial charge in [0.05, 0.1) is 17.5 Å². The Hall–Kier alpha value is -3.84. The third-order valence-electron chi connectivity index (χ3n) is 5.95. The molecular weight excluding hydrogens is 458 g/mol. The summed E-state index contributed by atoms with van der Waals surface area (Å²) in [5.74, 6) is 0.379. The van der Waals surface area contributed by atoms with Crippen LogP contribution in [-0.4, -0.2) is 30.1 Å². The summed E-state index contributed by atoms with van der Waals surface area (Å²) in [4.78, 5) is 4.83. The van der Waals surface area contributed by atoms with E-state index in [1.165, 1.54) is 5.56 Å². The summed E-state index contributed by atoms with van der Waals surface area (Å²) in [5, 5.41) is 13.1. The molecule has 1 heterocycles. The maximum absolute atomic E-state index is 6.11. The number of aliphatic imine (C=N–C) groups is 1. The highest BCUT2D eigenvalue weighted by molar-refractivity contribution is 6.01. The van der Waals surface area contributed by atoms with E-state index in [2.05, 4.69) is 72.7 Å². The summed E-state index contributed by atoms with van der Waals surface area (Å²) in [6.07, 6.45) is 8.40. The summed E-state index contributed by atoms with van der Waals surface area (Å²) in [7, 11) is 1.86. The standard InChI is InChI=1S/C30H43N7/c1-9-11-28(25-14-12-24(13-15-25)26(10-2)34-22(6)19-31)35-23(7)27-16-17-29(20(3)4)37(8)36-30(32)18-21(5)33-27/h10,12-15,17-18,28,34-35H,3,6-7,9,11,16,19,31H2,1-2,4-5,8H3,(H2,32,36)/b21-18+,26-10-,29-17?,33-27?/t28-/m0/s1. The van der Waals surface area contributed by atoms with Gasteiger partial charge in [-0.25, -0.2) is 0 Å². The first-order valence-corrected chi connectivity index (χ1v) is 12.7. The lowest BCUT2D eigenvalue weighted by atomic mass is 9.99. The van der Waals surface area contributed by atoms with Crippen LogP contribution in [0.1, 0.15) is 64.1 Å². The lowest BCUT2D eigenvalue weighted by Gasteiger charge is -2.24. The second-order valence-corrected chi connectivity index (χ2v) is 9.19. The van der Waals surface area contributed by atoms with Gasteiger partial charge >= 0.3 is 0 Å². The van der Waals surface area contributed by atoms with Gasteiger partial charge in [0.2, 0.25) is 0 Å². The molecule has 6 N–H and O–H groups in total. The van der Waals surface area contributed by atoms with Crippen LogP contribution < -0.4 is 22.1 Å². The van der Waals surface area contributed by atoms with Crippen LogP contribution >= 0.6 is 0 Å². The van der Waals surface area contributed by atoms with Crippen molar-refractivity contribution in [1.29, 1.82) is 0 Å². The van der Waals surface area contributed by atoms with Crippen LogP contribution in [0, 0.1) is 0 Å². The van der Waals surface area contributed by atoms with E-state index in [9.17, 15) is 0 Å². The predicted octanol–water partition coefficient (Wildman–Crippen LogP) is 5.47. The van der Waals surface area contributed by atoms with Crippen molar-refractivity contribution in [3.05, 3.63) is 102 Å². The van der Waals surface area contributed by atoms with Crippen molar-refractivity contribution in [3.8, 4) is 0 Å². The fraction of sp³-hybridized carbons (Fsp3) is 0.333. The van der Waals surface area contributed by atoms with Gasteiger partial charge in [0, 0.05) is 48.9 Å². The summed E-state index contributed by atoms with van der Waals surface area (Å²) >= 11 is 0. The van der Waals surface area contributed by atoms with Crippen molar-refractivity contribution in [2.45, 2.75) is 53.0 Å². The van der Waals surface area contributed by atoms with E-state index in [0.29, 0.717) is 18.8 Å². The molecule has 7 heteroatoms. The number of amidine groups is 1. The van der Waals surface area contributed by atoms with E-state index in [0.717, 1.165) is 58.2 Å². The summed E-state index contributed by atoms with van der Waals surface area (Å²) < 4.78 is 0. The van der Waals surface area contributed by atoms with Crippen molar-refractivity contribution < 1.29 is 0 Å². The van der Waals surface area contributed by atoms with Gasteiger partial charge in [-0.05, 0) is 43.9 Å². The van der Waals surface area contributed by atoms with E-state index >= 15 is 0 Å². The molecule has 0 saturated carbocycles. The number of rotatable bonds is 11. The molecule has 37 heavy (non-hydrogen) atoms. The maximum Gasteiger partial charge on any atom is 0.145 e. The number of allylic oxidation sites excluding steroid dienone is 5. The number of nitrogens with zero attached hydrogens (tertiary/aromatic N) is 3. The smallest absolute Gasteiger partial charge is 0.145 e. The molecule has 7 nitrogen and oxygen atoms in total. The Labute approximate surface area is 222 Å². The Morgan fingerprint density at radius 1 is 1.22 bits per heavy atom. The SMILES string of the molecule is C=C(CN)N/C(=C\C)c1ccc([C@H](CCC)NC(=C)C2=N/C(C)=C/C(N)=N\N(C)C(C(=C)C)=CC2)cc1. The Kier molecular flexibility index (Phi) is 11.2. The fourth-order valence-electron chi connectivity index (χ4n) is 4.08. The molecule has 0 amide bonds. The third-order valence-corrected chi connectivity index (χ3v) is 5.95. The van der Waals surface area contributed by atoms with Crippen LogP contribution in [-0.2, 0) is 0 Å². The second-order valence-electron chi connectivity index (χ2n) is 9.19. The average Bonchev–Trinajstić information content (AvgIpc) is 2.85. The molecule has 1 aromatic rings. The molecule has 0 radical (unpaired) electrons. The van der Waals surface area contributed by atoms with Crippen molar-refractivity contribution in [2.24, 2.45) is 21.6 Å². The first-order chi connectivity index (χ1) is 17.6. The third kappa shape index (κ3) is 8.65. The molecule has 1 atom stereocenters. The van der Waals surface area contributed by atoms with Crippen LogP contribution in [0.2, 0.25) is 0 Å². The Balaban J connectivity index is 2.33. The van der Waals surface area contributed by atoms with E-state index < -0.39 is 0 Å². The highest BCUT2D eigenvalue weighted by atomic mass is 15.5. The molecule has 0 saturated heterocycles. The fourth-order valence-corrected chi connectivity index (χ4v) is 4.08. The van der Waals surface area contributed by atoms with Gasteiger partial charge in [-0.3, -0.25) is 10.0 Å². The second kappa shape index (κ2) is 14.0. The van der Waals surface area contributed by atoms with Crippen LogP contribution in [0.3, 0.4) is 0 Å². The lowest BCUT2D eigenvalue weighted by Crippen LogP contribution is -2.26. The van der Waals surface area contributed by atoms with Gasteiger partial charge in [-0.1, -0.05) is 69.5 Å². The molecule has 0 unspecified atom stereocenters. The lowest BCUT2D eigenvalue weighted by molar-refractivity contribution is 0.453. The first kappa shape index (κ1) is 29.4. The minimum absolute atomic E-state index is 0.0915. The molecular formula is C30H43N7. The van der Waals surface area contributed by atoms with Crippen molar-refractivity contribution in [3.63, 3.8) is 0 Å².